The van der Waals surface area contributed by atoms with Crippen LogP contribution < -0.4 is 5.32 Å². The summed E-state index contributed by atoms with van der Waals surface area (Å²) in [5.41, 5.74) is 0.351. The van der Waals surface area contributed by atoms with E-state index in [1.807, 2.05) is 0 Å². The molecule has 0 saturated carbocycles. The molecule has 17 heavy (non-hydrogen) atoms. The molecule has 90 valence electrons. The van der Waals surface area contributed by atoms with Gasteiger partial charge >= 0.3 is 5.69 Å². The molecule has 0 spiro atoms. The highest BCUT2D eigenvalue weighted by Gasteiger charge is 2.23. The Labute approximate surface area is 96.0 Å². The Bertz CT molecular complexity index is 530. The number of anilines is 1. The Hall–Kier alpha value is -2.45. The van der Waals surface area contributed by atoms with Crippen LogP contribution in [0.4, 0.5) is 11.5 Å². The van der Waals surface area contributed by atoms with Crippen LogP contribution in [0.15, 0.2) is 6.33 Å². The fraction of sp³-hybridized carbons (Fsp3) is 0.375. The van der Waals surface area contributed by atoms with Crippen molar-refractivity contribution in [2.45, 2.75) is 13.5 Å². The molecule has 0 bridgehead atoms. The van der Waals surface area contributed by atoms with Gasteiger partial charge in [0, 0.05) is 7.05 Å². The Morgan fingerprint density at radius 3 is 3.00 bits per heavy atom. The number of hydrogen-bond acceptors (Lipinski definition) is 6. The van der Waals surface area contributed by atoms with Gasteiger partial charge in [-0.15, -0.1) is 0 Å². The van der Waals surface area contributed by atoms with E-state index in [2.05, 4.69) is 25.6 Å². The molecule has 2 aromatic rings. The van der Waals surface area contributed by atoms with E-state index in [0.717, 1.165) is 0 Å². The zero-order valence-electron chi connectivity index (χ0n) is 9.34. The molecule has 0 unspecified atom stereocenters. The molecule has 2 aromatic heterocycles. The van der Waals surface area contributed by atoms with Crippen LogP contribution in [-0.2, 0) is 13.6 Å². The van der Waals surface area contributed by atoms with Crippen LogP contribution in [0.5, 0.6) is 0 Å². The molecule has 0 atom stereocenters. The van der Waals surface area contributed by atoms with Crippen LogP contribution in [0.25, 0.3) is 0 Å². The summed E-state index contributed by atoms with van der Waals surface area (Å²) in [6.07, 6.45) is 1.37. The van der Waals surface area contributed by atoms with Gasteiger partial charge in [0.05, 0.1) is 11.5 Å². The van der Waals surface area contributed by atoms with Gasteiger partial charge in [-0.1, -0.05) is 0 Å². The van der Waals surface area contributed by atoms with Crippen LogP contribution >= 0.6 is 0 Å². The van der Waals surface area contributed by atoms with E-state index in [9.17, 15) is 10.1 Å². The highest BCUT2D eigenvalue weighted by molar-refractivity contribution is 5.59. The van der Waals surface area contributed by atoms with Crippen molar-refractivity contribution in [2.75, 3.05) is 5.32 Å². The summed E-state index contributed by atoms with van der Waals surface area (Å²) in [6.45, 7) is 1.91. The second-order valence-electron chi connectivity index (χ2n) is 3.45. The molecular formula is C8H11N7O2. The number of aromatic nitrogens is 5. The summed E-state index contributed by atoms with van der Waals surface area (Å²) < 4.78 is 1.43. The van der Waals surface area contributed by atoms with Crippen molar-refractivity contribution in [3.05, 3.63) is 28.0 Å². The number of nitro groups is 1. The molecular weight excluding hydrogens is 226 g/mol. The van der Waals surface area contributed by atoms with Crippen molar-refractivity contribution in [2.24, 2.45) is 7.05 Å². The normalized spacial score (nSPS) is 10.5. The Balaban J connectivity index is 2.23. The maximum absolute atomic E-state index is 10.9. The van der Waals surface area contributed by atoms with E-state index in [-0.39, 0.29) is 5.69 Å². The third-order valence-corrected chi connectivity index (χ3v) is 2.26. The van der Waals surface area contributed by atoms with Crippen LogP contribution in [0, 0.1) is 17.0 Å². The van der Waals surface area contributed by atoms with Gasteiger partial charge in [-0.3, -0.25) is 15.2 Å². The molecule has 0 aliphatic heterocycles. The van der Waals surface area contributed by atoms with Gasteiger partial charge in [0.1, 0.15) is 17.8 Å². The monoisotopic (exact) mass is 237 g/mol. The molecule has 9 heteroatoms. The zero-order chi connectivity index (χ0) is 12.4. The molecule has 2 rings (SSSR count). The lowest BCUT2D eigenvalue weighted by Crippen LogP contribution is -2.07. The third-order valence-electron chi connectivity index (χ3n) is 2.26. The van der Waals surface area contributed by atoms with Crippen LogP contribution in [0.3, 0.4) is 0 Å². The fourth-order valence-electron chi connectivity index (χ4n) is 1.55. The lowest BCUT2D eigenvalue weighted by molar-refractivity contribution is -0.384. The molecule has 0 aromatic carbocycles. The summed E-state index contributed by atoms with van der Waals surface area (Å²) in [5.74, 6) is 0.946. The molecule has 0 aliphatic rings. The van der Waals surface area contributed by atoms with E-state index in [0.29, 0.717) is 23.9 Å². The first kappa shape index (κ1) is 11.0. The van der Waals surface area contributed by atoms with E-state index in [1.165, 1.54) is 11.0 Å². The molecule has 2 heterocycles. The highest BCUT2D eigenvalue weighted by atomic mass is 16.6. The minimum absolute atomic E-state index is 0.0213. The Kier molecular flexibility index (Phi) is 2.73. The van der Waals surface area contributed by atoms with Crippen molar-refractivity contribution in [1.29, 1.82) is 0 Å². The predicted molar refractivity (Wildman–Crippen MR) is 58.3 cm³/mol. The van der Waals surface area contributed by atoms with Crippen molar-refractivity contribution in [3.8, 4) is 0 Å². The van der Waals surface area contributed by atoms with Crippen LogP contribution in [0.2, 0.25) is 0 Å². The minimum atomic E-state index is -0.453. The summed E-state index contributed by atoms with van der Waals surface area (Å²) in [5, 5.41) is 24.1. The number of H-pyrrole nitrogens is 1. The van der Waals surface area contributed by atoms with Gasteiger partial charge in [-0.05, 0) is 6.92 Å². The quantitative estimate of drug-likeness (QED) is 0.586. The number of nitrogens with zero attached hydrogens (tertiary/aromatic N) is 5. The first-order valence-corrected chi connectivity index (χ1v) is 4.85. The SMILES string of the molecule is Cc1nn(C)c(NCc2ncn[nH]2)c1[N+](=O)[O-]. The molecule has 0 fully saturated rings. The molecule has 0 aliphatic carbocycles. The van der Waals surface area contributed by atoms with Gasteiger partial charge in [-0.25, -0.2) is 9.67 Å². The maximum atomic E-state index is 10.9. The summed E-state index contributed by atoms with van der Waals surface area (Å²) in [4.78, 5) is 14.4. The smallest absolute Gasteiger partial charge is 0.333 e. The second-order valence-corrected chi connectivity index (χ2v) is 3.45. The first-order chi connectivity index (χ1) is 8.09. The number of aryl methyl sites for hydroxylation is 2. The van der Waals surface area contributed by atoms with Crippen molar-refractivity contribution in [1.82, 2.24) is 25.0 Å². The second kappa shape index (κ2) is 4.20. The number of aromatic amines is 1. The van der Waals surface area contributed by atoms with Gasteiger partial charge in [0.15, 0.2) is 0 Å². The van der Waals surface area contributed by atoms with Crippen molar-refractivity contribution in [3.63, 3.8) is 0 Å². The van der Waals surface area contributed by atoms with Gasteiger partial charge in [0.25, 0.3) is 0 Å². The highest BCUT2D eigenvalue weighted by Crippen LogP contribution is 2.27. The summed E-state index contributed by atoms with van der Waals surface area (Å²) in [7, 11) is 1.64. The molecule has 0 amide bonds. The topological polar surface area (TPSA) is 115 Å². The lowest BCUT2D eigenvalue weighted by atomic mass is 10.4. The standard InChI is InChI=1S/C8H11N7O2/c1-5-7(15(16)17)8(14(2)13-5)9-3-6-10-4-11-12-6/h4,9H,3H2,1-2H3,(H,10,11,12). The van der Waals surface area contributed by atoms with Gasteiger partial charge in [-0.2, -0.15) is 10.2 Å². The van der Waals surface area contributed by atoms with E-state index in [4.69, 9.17) is 0 Å². The van der Waals surface area contributed by atoms with E-state index < -0.39 is 4.92 Å². The van der Waals surface area contributed by atoms with Crippen LogP contribution in [0.1, 0.15) is 11.5 Å². The maximum Gasteiger partial charge on any atom is 0.333 e. The van der Waals surface area contributed by atoms with Crippen LogP contribution in [-0.4, -0.2) is 29.9 Å². The van der Waals surface area contributed by atoms with Gasteiger partial charge in [0.2, 0.25) is 5.82 Å². The predicted octanol–water partition coefficient (Wildman–Crippen LogP) is 0.367. The fourth-order valence-corrected chi connectivity index (χ4v) is 1.55. The molecule has 9 nitrogen and oxygen atoms in total. The third kappa shape index (κ3) is 2.07. The number of rotatable bonds is 4. The average Bonchev–Trinajstić information content (AvgIpc) is 2.83. The summed E-state index contributed by atoms with van der Waals surface area (Å²) >= 11 is 0. The van der Waals surface area contributed by atoms with E-state index >= 15 is 0 Å². The van der Waals surface area contributed by atoms with E-state index in [1.54, 1.807) is 14.0 Å². The minimum Gasteiger partial charge on any atom is -0.357 e. The average molecular weight is 237 g/mol. The lowest BCUT2D eigenvalue weighted by Gasteiger charge is -2.03. The van der Waals surface area contributed by atoms with Crippen molar-refractivity contribution < 1.29 is 4.92 Å². The Morgan fingerprint density at radius 1 is 1.65 bits per heavy atom. The number of hydrogen-bond donors (Lipinski definition) is 2. The summed E-state index contributed by atoms with van der Waals surface area (Å²) in [6, 6.07) is 0. The molecule has 2 N–H and O–H groups in total. The number of nitrogens with one attached hydrogen (secondary N) is 2. The zero-order valence-corrected chi connectivity index (χ0v) is 9.34. The van der Waals surface area contributed by atoms with Gasteiger partial charge < -0.3 is 5.32 Å². The molecule has 0 saturated heterocycles. The van der Waals surface area contributed by atoms with Crippen molar-refractivity contribution >= 4 is 11.5 Å². The first-order valence-electron chi connectivity index (χ1n) is 4.85. The molecule has 0 radical (unpaired) electrons. The largest absolute Gasteiger partial charge is 0.357 e. The Morgan fingerprint density at radius 2 is 2.41 bits per heavy atom.